The molecule has 1 aliphatic carbocycles. The van der Waals surface area contributed by atoms with E-state index in [0.717, 1.165) is 5.56 Å². The lowest BCUT2D eigenvalue weighted by Crippen LogP contribution is -2.31. The maximum atomic E-state index is 13.6. The van der Waals surface area contributed by atoms with Gasteiger partial charge in [-0.1, -0.05) is 18.2 Å². The summed E-state index contributed by atoms with van der Waals surface area (Å²) in [5, 5.41) is 19.6. The number of para-hydroxylation sites is 1. The summed E-state index contributed by atoms with van der Waals surface area (Å²) in [6, 6.07) is 10.7. The van der Waals surface area contributed by atoms with Crippen molar-refractivity contribution in [2.75, 3.05) is 26.6 Å². The second-order valence-corrected chi connectivity index (χ2v) is 8.36. The highest BCUT2D eigenvalue weighted by atomic mass is 16.5. The lowest BCUT2D eigenvalue weighted by molar-refractivity contribution is -0.116. The molecule has 0 unspecified atom stereocenters. The predicted octanol–water partition coefficient (Wildman–Crippen LogP) is 3.39. The minimum atomic E-state index is -0.727. The van der Waals surface area contributed by atoms with E-state index in [-0.39, 0.29) is 35.2 Å². The third-order valence-electron chi connectivity index (χ3n) is 6.62. The number of H-pyrrole nitrogens is 2. The van der Waals surface area contributed by atoms with Crippen LogP contribution in [0.3, 0.4) is 0 Å². The molecule has 34 heavy (non-hydrogen) atoms. The number of benzene rings is 2. The number of aromatic nitrogens is 2. The van der Waals surface area contributed by atoms with Gasteiger partial charge in [-0.15, -0.1) is 0 Å². The number of anilines is 1. The second kappa shape index (κ2) is 8.33. The number of methoxy groups -OCH3 is 3. The van der Waals surface area contributed by atoms with E-state index in [0.29, 0.717) is 46.1 Å². The highest BCUT2D eigenvalue weighted by Crippen LogP contribution is 2.49. The molecule has 0 spiro atoms. The summed E-state index contributed by atoms with van der Waals surface area (Å²) in [6.07, 6.45) is 0.805. The summed E-state index contributed by atoms with van der Waals surface area (Å²) in [5.41, 5.74) is 2.60. The number of rotatable bonds is 5. The lowest BCUT2D eigenvalue weighted by atomic mass is 9.72. The van der Waals surface area contributed by atoms with Gasteiger partial charge in [0.1, 0.15) is 5.82 Å². The number of hydrogen-bond acceptors (Lipinski definition) is 7. The fourth-order valence-corrected chi connectivity index (χ4v) is 5.01. The molecule has 9 heteroatoms. The Labute approximate surface area is 195 Å². The van der Waals surface area contributed by atoms with Crippen molar-refractivity contribution in [3.05, 3.63) is 74.7 Å². The molecule has 1 aliphatic heterocycles. The molecule has 5 rings (SSSR count). The number of hydrogen-bond donors (Lipinski definition) is 4. The van der Waals surface area contributed by atoms with E-state index in [4.69, 9.17) is 14.2 Å². The van der Waals surface area contributed by atoms with Gasteiger partial charge in [-0.3, -0.25) is 19.8 Å². The molecule has 2 aromatic carbocycles. The van der Waals surface area contributed by atoms with Crippen LogP contribution in [0, 0.1) is 0 Å². The van der Waals surface area contributed by atoms with Crippen molar-refractivity contribution in [2.24, 2.45) is 0 Å². The van der Waals surface area contributed by atoms with E-state index in [2.05, 4.69) is 15.5 Å². The number of allylic oxidation sites excluding steroid dienone is 2. The summed E-state index contributed by atoms with van der Waals surface area (Å²) in [7, 11) is 4.61. The number of aromatic hydroxyl groups is 1. The molecular formula is C25H25N3O6. The third-order valence-corrected chi connectivity index (χ3v) is 6.62. The van der Waals surface area contributed by atoms with Crippen LogP contribution in [0.1, 0.15) is 41.4 Å². The highest BCUT2D eigenvalue weighted by Gasteiger charge is 2.41. The Morgan fingerprint density at radius 3 is 2.41 bits per heavy atom. The van der Waals surface area contributed by atoms with Crippen LogP contribution >= 0.6 is 0 Å². The first-order chi connectivity index (χ1) is 16.5. The number of phenolic OH excluding ortho intramolecular Hbond substituents is 1. The predicted molar refractivity (Wildman–Crippen MR) is 125 cm³/mol. The van der Waals surface area contributed by atoms with Crippen LogP contribution in [-0.2, 0) is 4.79 Å². The van der Waals surface area contributed by atoms with Gasteiger partial charge >= 0.3 is 0 Å². The SMILES string of the molecule is COc1ccc([C@H]2CC(=O)C3=C(C2)Nc2[nH][nH]c(=O)c2[C@@H]3c2cccc(OC)c2O)cc1OC. The van der Waals surface area contributed by atoms with Crippen LogP contribution in [0.15, 0.2) is 52.5 Å². The molecule has 9 nitrogen and oxygen atoms in total. The molecule has 2 aliphatic rings. The molecule has 1 aromatic heterocycles. The molecule has 3 aromatic rings. The van der Waals surface area contributed by atoms with Crippen molar-refractivity contribution < 1.29 is 24.1 Å². The van der Waals surface area contributed by atoms with Gasteiger partial charge in [-0.05, 0) is 36.1 Å². The quantitative estimate of drug-likeness (QED) is 0.457. The van der Waals surface area contributed by atoms with Gasteiger partial charge in [-0.2, -0.15) is 0 Å². The van der Waals surface area contributed by atoms with Gasteiger partial charge in [0.2, 0.25) is 0 Å². The number of ether oxygens (including phenoxy) is 3. The van der Waals surface area contributed by atoms with E-state index in [1.807, 2.05) is 18.2 Å². The number of carbonyl (C=O) groups is 1. The molecule has 0 radical (unpaired) electrons. The van der Waals surface area contributed by atoms with E-state index in [1.54, 1.807) is 32.4 Å². The fraction of sp³-hybridized carbons (Fsp3) is 0.280. The van der Waals surface area contributed by atoms with E-state index >= 15 is 0 Å². The van der Waals surface area contributed by atoms with Crippen molar-refractivity contribution >= 4 is 11.6 Å². The zero-order valence-corrected chi connectivity index (χ0v) is 19.0. The first-order valence-electron chi connectivity index (χ1n) is 10.9. The Hall–Kier alpha value is -4.14. The topological polar surface area (TPSA) is 126 Å². The largest absolute Gasteiger partial charge is 0.504 e. The van der Waals surface area contributed by atoms with Crippen molar-refractivity contribution in [2.45, 2.75) is 24.7 Å². The monoisotopic (exact) mass is 463 g/mol. The van der Waals surface area contributed by atoms with Crippen molar-refractivity contribution in [3.8, 4) is 23.0 Å². The molecule has 0 bridgehead atoms. The smallest absolute Gasteiger partial charge is 0.270 e. The minimum absolute atomic E-state index is 0.0907. The lowest BCUT2D eigenvalue weighted by Gasteiger charge is -2.35. The van der Waals surface area contributed by atoms with Crippen molar-refractivity contribution in [1.82, 2.24) is 10.2 Å². The Morgan fingerprint density at radius 2 is 1.68 bits per heavy atom. The summed E-state index contributed by atoms with van der Waals surface area (Å²) >= 11 is 0. The number of aromatic amines is 2. The fourth-order valence-electron chi connectivity index (χ4n) is 5.01. The molecule has 0 saturated heterocycles. The van der Waals surface area contributed by atoms with Crippen LogP contribution in [0.4, 0.5) is 5.82 Å². The summed E-state index contributed by atoms with van der Waals surface area (Å²) in [5.74, 6) is 0.972. The second-order valence-electron chi connectivity index (χ2n) is 8.36. The van der Waals surface area contributed by atoms with Gasteiger partial charge in [0.05, 0.1) is 32.8 Å². The Morgan fingerprint density at radius 1 is 0.912 bits per heavy atom. The van der Waals surface area contributed by atoms with Crippen LogP contribution in [0.25, 0.3) is 0 Å². The highest BCUT2D eigenvalue weighted by molar-refractivity contribution is 6.01. The molecular weight excluding hydrogens is 438 g/mol. The first kappa shape index (κ1) is 21.7. The van der Waals surface area contributed by atoms with Crippen molar-refractivity contribution in [1.29, 1.82) is 0 Å². The van der Waals surface area contributed by atoms with E-state index < -0.39 is 5.92 Å². The molecule has 2 atom stereocenters. The Balaban J connectivity index is 1.62. The number of fused-ring (bicyclic) bond motifs is 1. The van der Waals surface area contributed by atoms with Gasteiger partial charge in [0.15, 0.2) is 28.8 Å². The van der Waals surface area contributed by atoms with Gasteiger partial charge in [-0.25, -0.2) is 0 Å². The Kier molecular flexibility index (Phi) is 5.31. The molecule has 0 saturated carbocycles. The summed E-state index contributed by atoms with van der Waals surface area (Å²) in [4.78, 5) is 26.3. The van der Waals surface area contributed by atoms with Gasteiger partial charge in [0, 0.05) is 23.3 Å². The summed E-state index contributed by atoms with van der Waals surface area (Å²) in [6.45, 7) is 0. The number of ketones is 1. The average Bonchev–Trinajstić information content (AvgIpc) is 3.22. The standard InChI is InChI=1S/C25H25N3O6/c1-32-17-8-7-12(11-19(17)34-3)13-9-15-21(16(29)10-13)20(22-24(26-15)27-28-25(22)31)14-5-4-6-18(33-2)23(14)30/h4-8,11,13,20,30H,9-10H2,1-3H3,(H3,26,27,28,31)/t13-,20-/m1/s1. The van der Waals surface area contributed by atoms with Crippen LogP contribution in [-0.4, -0.2) is 42.4 Å². The minimum Gasteiger partial charge on any atom is -0.504 e. The maximum Gasteiger partial charge on any atom is 0.270 e. The Bertz CT molecular complexity index is 1370. The van der Waals surface area contributed by atoms with Crippen LogP contribution < -0.4 is 25.1 Å². The van der Waals surface area contributed by atoms with Crippen LogP contribution in [0.2, 0.25) is 0 Å². The van der Waals surface area contributed by atoms with E-state index in [1.165, 1.54) is 7.11 Å². The molecule has 0 fully saturated rings. The number of nitrogens with one attached hydrogen (secondary N) is 3. The number of phenols is 1. The van der Waals surface area contributed by atoms with Gasteiger partial charge in [0.25, 0.3) is 5.56 Å². The van der Waals surface area contributed by atoms with Gasteiger partial charge < -0.3 is 24.6 Å². The maximum absolute atomic E-state index is 13.6. The number of Topliss-reactive ketones (excluding diaryl/α,β-unsaturated/α-hetero) is 1. The number of carbonyl (C=O) groups excluding carboxylic acids is 1. The molecule has 2 heterocycles. The van der Waals surface area contributed by atoms with E-state index in [9.17, 15) is 14.7 Å². The zero-order chi connectivity index (χ0) is 24.0. The average molecular weight is 463 g/mol. The normalized spacial score (nSPS) is 19.2. The molecule has 0 amide bonds. The molecule has 4 N–H and O–H groups in total. The molecule has 176 valence electrons. The van der Waals surface area contributed by atoms with Crippen molar-refractivity contribution in [3.63, 3.8) is 0 Å². The third kappa shape index (κ3) is 3.32. The van der Waals surface area contributed by atoms with Crippen LogP contribution in [0.5, 0.6) is 23.0 Å². The zero-order valence-electron chi connectivity index (χ0n) is 19.0. The first-order valence-corrected chi connectivity index (χ1v) is 10.9. The summed E-state index contributed by atoms with van der Waals surface area (Å²) < 4.78 is 16.0.